The minimum atomic E-state index is 0.640. The molecule has 0 aliphatic heterocycles. The molecule has 0 radical (unpaired) electrons. The predicted molar refractivity (Wildman–Crippen MR) is 60.6 cm³/mol. The van der Waals surface area contributed by atoms with Gasteiger partial charge in [0.1, 0.15) is 12.4 Å². The Morgan fingerprint density at radius 2 is 2.44 bits per heavy atom. The first-order valence-corrected chi connectivity index (χ1v) is 5.68. The summed E-state index contributed by atoms with van der Waals surface area (Å²) in [4.78, 5) is 5.25. The van der Waals surface area contributed by atoms with Gasteiger partial charge in [0.05, 0.1) is 12.1 Å². The summed E-state index contributed by atoms with van der Waals surface area (Å²) in [6.07, 6.45) is 1.68. The minimum Gasteiger partial charge on any atom is -0.305 e. The van der Waals surface area contributed by atoms with Crippen molar-refractivity contribution < 1.29 is 0 Å². The van der Waals surface area contributed by atoms with E-state index in [9.17, 15) is 0 Å². The molecular formula is C10H11N5S. The molecule has 0 saturated heterocycles. The van der Waals surface area contributed by atoms with E-state index in [1.165, 1.54) is 0 Å². The first kappa shape index (κ1) is 10.8. The molecule has 82 valence electrons. The summed E-state index contributed by atoms with van der Waals surface area (Å²) in [5.41, 5.74) is 0.720. The van der Waals surface area contributed by atoms with Crippen LogP contribution < -0.4 is 5.32 Å². The summed E-state index contributed by atoms with van der Waals surface area (Å²) in [5.74, 6) is 0.777. The van der Waals surface area contributed by atoms with Crippen molar-refractivity contribution >= 4 is 11.3 Å². The standard InChI is InChI=1S/C10H11N5S/c1-15-7-13-10(14-15)5-12-4-9-2-8(3-11)6-16-9/h2,6-7,12H,4-5H2,1H3. The number of nitrogens with one attached hydrogen (secondary N) is 1. The summed E-state index contributed by atoms with van der Waals surface area (Å²) in [5, 5.41) is 17.9. The van der Waals surface area contributed by atoms with Crippen LogP contribution in [-0.2, 0) is 20.1 Å². The molecule has 2 aromatic rings. The van der Waals surface area contributed by atoms with Crippen LogP contribution >= 0.6 is 11.3 Å². The Hall–Kier alpha value is -1.71. The molecule has 0 aromatic carbocycles. The second-order valence-corrected chi connectivity index (χ2v) is 4.35. The van der Waals surface area contributed by atoms with E-state index < -0.39 is 0 Å². The summed E-state index contributed by atoms with van der Waals surface area (Å²) in [6, 6.07) is 4.01. The van der Waals surface area contributed by atoms with Gasteiger partial charge < -0.3 is 5.32 Å². The van der Waals surface area contributed by atoms with Gasteiger partial charge >= 0.3 is 0 Å². The Morgan fingerprint density at radius 1 is 1.56 bits per heavy atom. The van der Waals surface area contributed by atoms with E-state index in [0.29, 0.717) is 6.54 Å². The van der Waals surface area contributed by atoms with E-state index >= 15 is 0 Å². The van der Waals surface area contributed by atoms with E-state index in [0.717, 1.165) is 22.8 Å². The van der Waals surface area contributed by atoms with Gasteiger partial charge in [-0.3, -0.25) is 4.68 Å². The Labute approximate surface area is 97.4 Å². The van der Waals surface area contributed by atoms with E-state index in [1.54, 1.807) is 22.3 Å². The average molecular weight is 233 g/mol. The summed E-state index contributed by atoms with van der Waals surface area (Å²) in [7, 11) is 1.84. The fraction of sp³-hybridized carbons (Fsp3) is 0.300. The Morgan fingerprint density at radius 3 is 3.06 bits per heavy atom. The van der Waals surface area contributed by atoms with E-state index in [1.807, 2.05) is 18.5 Å². The van der Waals surface area contributed by atoms with Gasteiger partial charge in [0, 0.05) is 23.8 Å². The van der Waals surface area contributed by atoms with Gasteiger partial charge in [-0.05, 0) is 6.07 Å². The van der Waals surface area contributed by atoms with Gasteiger partial charge in [0.25, 0.3) is 0 Å². The number of thiophene rings is 1. The zero-order chi connectivity index (χ0) is 11.4. The minimum absolute atomic E-state index is 0.640. The lowest BCUT2D eigenvalue weighted by Gasteiger charge is -1.98. The zero-order valence-corrected chi connectivity index (χ0v) is 9.66. The SMILES string of the molecule is Cn1cnc(CNCc2cc(C#N)cs2)n1. The van der Waals surface area contributed by atoms with Crippen molar-refractivity contribution in [2.24, 2.45) is 7.05 Å². The number of hydrogen-bond acceptors (Lipinski definition) is 5. The third-order valence-electron chi connectivity index (χ3n) is 2.01. The lowest BCUT2D eigenvalue weighted by molar-refractivity contribution is 0.654. The molecule has 0 unspecified atom stereocenters. The number of rotatable bonds is 4. The van der Waals surface area contributed by atoms with Crippen molar-refractivity contribution in [1.29, 1.82) is 5.26 Å². The Bertz CT molecular complexity index is 507. The van der Waals surface area contributed by atoms with Crippen LogP contribution in [0.2, 0.25) is 0 Å². The normalized spacial score (nSPS) is 10.2. The maximum Gasteiger partial charge on any atom is 0.164 e. The molecule has 1 N–H and O–H groups in total. The van der Waals surface area contributed by atoms with Crippen molar-refractivity contribution in [3.8, 4) is 6.07 Å². The number of hydrogen-bond donors (Lipinski definition) is 1. The maximum atomic E-state index is 8.67. The first-order valence-electron chi connectivity index (χ1n) is 4.80. The van der Waals surface area contributed by atoms with Gasteiger partial charge in [-0.25, -0.2) is 4.98 Å². The third kappa shape index (κ3) is 2.66. The molecule has 0 spiro atoms. The molecule has 0 aliphatic carbocycles. The van der Waals surface area contributed by atoms with Gasteiger partial charge in [-0.2, -0.15) is 10.4 Å². The molecule has 6 heteroatoms. The van der Waals surface area contributed by atoms with Gasteiger partial charge in [-0.15, -0.1) is 11.3 Å². The zero-order valence-electron chi connectivity index (χ0n) is 8.84. The fourth-order valence-electron chi connectivity index (χ4n) is 1.29. The Kier molecular flexibility index (Phi) is 3.29. The summed E-state index contributed by atoms with van der Waals surface area (Å²) < 4.78 is 1.68. The highest BCUT2D eigenvalue weighted by atomic mass is 32.1. The van der Waals surface area contributed by atoms with E-state index in [2.05, 4.69) is 21.5 Å². The van der Waals surface area contributed by atoms with Gasteiger partial charge in [0.15, 0.2) is 5.82 Å². The molecule has 2 aromatic heterocycles. The van der Waals surface area contributed by atoms with Crippen LogP contribution in [-0.4, -0.2) is 14.8 Å². The fourth-order valence-corrected chi connectivity index (χ4v) is 2.07. The highest BCUT2D eigenvalue weighted by molar-refractivity contribution is 7.10. The topological polar surface area (TPSA) is 66.5 Å². The molecule has 0 saturated carbocycles. The van der Waals surface area contributed by atoms with Crippen LogP contribution in [0.25, 0.3) is 0 Å². The van der Waals surface area contributed by atoms with Crippen molar-refractivity contribution in [3.05, 3.63) is 34.0 Å². The molecule has 0 fully saturated rings. The summed E-state index contributed by atoms with van der Waals surface area (Å²) in [6.45, 7) is 1.38. The van der Waals surface area contributed by atoms with Crippen LogP contribution in [0.1, 0.15) is 16.3 Å². The monoisotopic (exact) mass is 233 g/mol. The van der Waals surface area contributed by atoms with Crippen molar-refractivity contribution in [3.63, 3.8) is 0 Å². The second-order valence-electron chi connectivity index (χ2n) is 3.35. The van der Waals surface area contributed by atoms with Crippen LogP contribution in [0, 0.1) is 11.3 Å². The number of aryl methyl sites for hydroxylation is 1. The predicted octanol–water partition coefficient (Wildman–Crippen LogP) is 1.04. The quantitative estimate of drug-likeness (QED) is 0.856. The van der Waals surface area contributed by atoms with Crippen LogP contribution in [0.4, 0.5) is 0 Å². The lowest BCUT2D eigenvalue weighted by Crippen LogP contribution is -2.13. The lowest BCUT2D eigenvalue weighted by atomic mass is 10.3. The van der Waals surface area contributed by atoms with Crippen LogP contribution in [0.3, 0.4) is 0 Å². The molecule has 5 nitrogen and oxygen atoms in total. The van der Waals surface area contributed by atoms with E-state index in [-0.39, 0.29) is 0 Å². The second kappa shape index (κ2) is 4.88. The molecular weight excluding hydrogens is 222 g/mol. The highest BCUT2D eigenvalue weighted by Crippen LogP contribution is 2.13. The Balaban J connectivity index is 1.82. The molecule has 0 amide bonds. The first-order chi connectivity index (χ1) is 7.78. The molecule has 0 atom stereocenters. The third-order valence-corrected chi connectivity index (χ3v) is 2.95. The number of aromatic nitrogens is 3. The van der Waals surface area contributed by atoms with Crippen molar-refractivity contribution in [2.45, 2.75) is 13.1 Å². The molecule has 16 heavy (non-hydrogen) atoms. The van der Waals surface area contributed by atoms with Gasteiger partial charge in [0.2, 0.25) is 0 Å². The van der Waals surface area contributed by atoms with E-state index in [4.69, 9.17) is 5.26 Å². The number of nitrogens with zero attached hydrogens (tertiary/aromatic N) is 4. The largest absolute Gasteiger partial charge is 0.305 e. The molecule has 0 bridgehead atoms. The molecule has 0 aliphatic rings. The smallest absolute Gasteiger partial charge is 0.164 e. The van der Waals surface area contributed by atoms with Crippen LogP contribution in [0.5, 0.6) is 0 Å². The molecule has 2 heterocycles. The van der Waals surface area contributed by atoms with Crippen LogP contribution in [0.15, 0.2) is 17.8 Å². The number of nitriles is 1. The summed E-state index contributed by atoms with van der Waals surface area (Å²) >= 11 is 1.58. The highest BCUT2D eigenvalue weighted by Gasteiger charge is 2.00. The van der Waals surface area contributed by atoms with Crippen molar-refractivity contribution in [2.75, 3.05) is 0 Å². The average Bonchev–Trinajstić information content (AvgIpc) is 2.88. The van der Waals surface area contributed by atoms with Gasteiger partial charge in [-0.1, -0.05) is 0 Å². The molecule has 2 rings (SSSR count). The maximum absolute atomic E-state index is 8.67. The van der Waals surface area contributed by atoms with Crippen molar-refractivity contribution in [1.82, 2.24) is 20.1 Å².